The van der Waals surface area contributed by atoms with Crippen LogP contribution in [-0.2, 0) is 21.4 Å². The molecule has 4 aliphatic rings. The highest BCUT2D eigenvalue weighted by molar-refractivity contribution is 5.83. The lowest BCUT2D eigenvalue weighted by Gasteiger charge is -2.59. The summed E-state index contributed by atoms with van der Waals surface area (Å²) in [6, 6.07) is 4.05. The Morgan fingerprint density at radius 2 is 2.21 bits per heavy atom. The second-order valence-corrected chi connectivity index (χ2v) is 8.43. The molecule has 5 nitrogen and oxygen atoms in total. The van der Waals surface area contributed by atoms with Crippen LogP contribution in [0.25, 0.3) is 0 Å². The number of allylic oxidation sites excluding steroid dienone is 3. The zero-order chi connectivity index (χ0) is 20.2. The fourth-order valence-corrected chi connectivity index (χ4v) is 6.08. The van der Waals surface area contributed by atoms with Crippen LogP contribution in [0.5, 0.6) is 11.5 Å². The molecule has 1 spiro atoms. The minimum absolute atomic E-state index is 0.178. The largest absolute Gasteiger partial charge is 0.493 e. The Labute approximate surface area is 170 Å². The van der Waals surface area contributed by atoms with Crippen molar-refractivity contribution in [2.24, 2.45) is 5.92 Å². The second-order valence-electron chi connectivity index (χ2n) is 8.43. The molecule has 1 aliphatic heterocycles. The highest BCUT2D eigenvalue weighted by Gasteiger charge is 2.70. The third-order valence-electron chi connectivity index (χ3n) is 7.22. The molecule has 1 aromatic rings. The van der Waals surface area contributed by atoms with Gasteiger partial charge in [-0.15, -0.1) is 0 Å². The van der Waals surface area contributed by atoms with Gasteiger partial charge in [0.2, 0.25) is 0 Å². The summed E-state index contributed by atoms with van der Waals surface area (Å²) >= 11 is 0. The van der Waals surface area contributed by atoms with E-state index in [-0.39, 0.29) is 5.92 Å². The molecule has 3 aliphatic carbocycles. The van der Waals surface area contributed by atoms with Gasteiger partial charge in [-0.05, 0) is 56.2 Å². The van der Waals surface area contributed by atoms with Crippen LogP contribution in [0, 0.1) is 5.92 Å². The van der Waals surface area contributed by atoms with Gasteiger partial charge in [0.05, 0.1) is 18.1 Å². The molecule has 4 atom stereocenters. The molecule has 1 N–H and O–H groups in total. The van der Waals surface area contributed by atoms with Crippen molar-refractivity contribution in [3.05, 3.63) is 59.4 Å². The standard InChI is InChI=1S/C24H26O5/c1-3-4-5-8-19(25)28-18-11-13-24(26)16-7-6-12-23(24)20-15(14-16)9-10-17(27-2)21(20)29-22(18)23/h3-5,8-11,16,22,26H,6-7,12-14H2,1-2H3/b4-3+,8-5+/t16-,22+,23+,24-/m0/s1. The van der Waals surface area contributed by atoms with Crippen LogP contribution in [0.4, 0.5) is 0 Å². The Morgan fingerprint density at radius 1 is 1.34 bits per heavy atom. The van der Waals surface area contributed by atoms with Crippen molar-refractivity contribution in [3.8, 4) is 11.5 Å². The first kappa shape index (κ1) is 18.5. The van der Waals surface area contributed by atoms with E-state index in [0.717, 1.165) is 31.2 Å². The Kier molecular flexibility index (Phi) is 4.14. The van der Waals surface area contributed by atoms with Crippen LogP contribution in [0.15, 0.2) is 48.3 Å². The molecule has 0 saturated heterocycles. The summed E-state index contributed by atoms with van der Waals surface area (Å²) in [5.74, 6) is 1.60. The highest BCUT2D eigenvalue weighted by Crippen LogP contribution is 2.67. The number of ether oxygens (including phenoxy) is 3. The van der Waals surface area contributed by atoms with Crippen molar-refractivity contribution in [1.29, 1.82) is 0 Å². The molecule has 5 rings (SSSR count). The average molecular weight is 394 g/mol. The van der Waals surface area contributed by atoms with Crippen LogP contribution in [0.3, 0.4) is 0 Å². The molecule has 0 radical (unpaired) electrons. The fraction of sp³-hybridized carbons (Fsp3) is 0.458. The van der Waals surface area contributed by atoms with Gasteiger partial charge >= 0.3 is 5.97 Å². The average Bonchev–Trinajstić information content (AvgIpc) is 3.05. The maximum atomic E-state index is 12.4. The number of methoxy groups -OCH3 is 1. The Balaban J connectivity index is 1.62. The Bertz CT molecular complexity index is 958. The predicted octanol–water partition coefficient (Wildman–Crippen LogP) is 3.74. The molecule has 1 fully saturated rings. The number of esters is 1. The number of benzene rings is 1. The van der Waals surface area contributed by atoms with Crippen molar-refractivity contribution in [2.75, 3.05) is 7.11 Å². The van der Waals surface area contributed by atoms with E-state index in [2.05, 4.69) is 6.07 Å². The van der Waals surface area contributed by atoms with E-state index < -0.39 is 23.1 Å². The topological polar surface area (TPSA) is 65.0 Å². The van der Waals surface area contributed by atoms with Gasteiger partial charge in [-0.2, -0.15) is 0 Å². The molecule has 152 valence electrons. The van der Waals surface area contributed by atoms with Gasteiger partial charge in [0, 0.05) is 11.6 Å². The Hall–Kier alpha value is -2.53. The maximum Gasteiger partial charge on any atom is 0.335 e. The van der Waals surface area contributed by atoms with Gasteiger partial charge in [-0.25, -0.2) is 4.79 Å². The van der Waals surface area contributed by atoms with E-state index >= 15 is 0 Å². The van der Waals surface area contributed by atoms with Crippen molar-refractivity contribution in [2.45, 2.75) is 56.1 Å². The van der Waals surface area contributed by atoms with Crippen molar-refractivity contribution in [1.82, 2.24) is 0 Å². The van der Waals surface area contributed by atoms with E-state index in [1.54, 1.807) is 19.3 Å². The first-order valence-corrected chi connectivity index (χ1v) is 10.4. The first-order chi connectivity index (χ1) is 14.0. The summed E-state index contributed by atoms with van der Waals surface area (Å²) < 4.78 is 17.7. The van der Waals surface area contributed by atoms with Crippen molar-refractivity contribution >= 4 is 5.97 Å². The SMILES string of the molecule is C/C=C/C=C/C(=O)OC1=CC[C@]2(O)[C@H]3CCC[C@]24c2c(ccc(OC)c2O[C@H]14)C3. The number of hydrogen-bond donors (Lipinski definition) is 1. The van der Waals surface area contributed by atoms with Crippen LogP contribution in [0.2, 0.25) is 0 Å². The zero-order valence-electron chi connectivity index (χ0n) is 16.8. The van der Waals surface area contributed by atoms with Gasteiger partial charge in [-0.1, -0.05) is 30.7 Å². The van der Waals surface area contributed by atoms with Crippen LogP contribution < -0.4 is 9.47 Å². The van der Waals surface area contributed by atoms with Gasteiger partial charge in [0.25, 0.3) is 0 Å². The molecule has 5 heteroatoms. The number of carbonyl (C=O) groups excluding carboxylic acids is 1. The van der Waals surface area contributed by atoms with Crippen molar-refractivity contribution < 1.29 is 24.1 Å². The first-order valence-electron chi connectivity index (χ1n) is 10.4. The maximum absolute atomic E-state index is 12.4. The number of carbonyl (C=O) groups is 1. The molecule has 0 amide bonds. The van der Waals surface area contributed by atoms with E-state index in [4.69, 9.17) is 14.2 Å². The summed E-state index contributed by atoms with van der Waals surface area (Å²) in [6.07, 6.45) is 12.1. The van der Waals surface area contributed by atoms with Crippen molar-refractivity contribution in [3.63, 3.8) is 0 Å². The fourth-order valence-electron chi connectivity index (χ4n) is 6.08. The molecule has 29 heavy (non-hydrogen) atoms. The second kappa shape index (κ2) is 6.49. The molecular formula is C24H26O5. The lowest BCUT2D eigenvalue weighted by Crippen LogP contribution is -2.67. The minimum atomic E-state index is -0.892. The normalized spacial score (nSPS) is 34.0. The highest BCUT2D eigenvalue weighted by atomic mass is 16.6. The van der Waals surface area contributed by atoms with Gasteiger partial charge < -0.3 is 19.3 Å². The minimum Gasteiger partial charge on any atom is -0.493 e. The van der Waals surface area contributed by atoms with Gasteiger partial charge in [0.1, 0.15) is 5.76 Å². The number of hydrogen-bond acceptors (Lipinski definition) is 5. The predicted molar refractivity (Wildman–Crippen MR) is 108 cm³/mol. The molecular weight excluding hydrogens is 368 g/mol. The van der Waals surface area contributed by atoms with E-state index in [0.29, 0.717) is 23.7 Å². The van der Waals surface area contributed by atoms with E-state index in [9.17, 15) is 9.90 Å². The van der Waals surface area contributed by atoms with Crippen LogP contribution in [-0.4, -0.2) is 29.9 Å². The number of rotatable bonds is 4. The van der Waals surface area contributed by atoms with Crippen LogP contribution >= 0.6 is 0 Å². The van der Waals surface area contributed by atoms with Gasteiger partial charge in [-0.3, -0.25) is 0 Å². The third-order valence-corrected chi connectivity index (χ3v) is 7.22. The lowest BCUT2D eigenvalue weighted by molar-refractivity contribution is -0.157. The lowest BCUT2D eigenvalue weighted by atomic mass is 9.47. The molecule has 1 heterocycles. The molecule has 1 aromatic carbocycles. The molecule has 0 unspecified atom stereocenters. The zero-order valence-corrected chi connectivity index (χ0v) is 16.8. The van der Waals surface area contributed by atoms with E-state index in [1.165, 1.54) is 11.6 Å². The third kappa shape index (κ3) is 2.34. The smallest absolute Gasteiger partial charge is 0.335 e. The summed E-state index contributed by atoms with van der Waals surface area (Å²) in [5.41, 5.74) is 0.798. The summed E-state index contributed by atoms with van der Waals surface area (Å²) in [4.78, 5) is 12.4. The molecule has 2 bridgehead atoms. The van der Waals surface area contributed by atoms with E-state index in [1.807, 2.05) is 25.1 Å². The summed E-state index contributed by atoms with van der Waals surface area (Å²) in [6.45, 7) is 1.89. The molecule has 0 aromatic heterocycles. The van der Waals surface area contributed by atoms with Gasteiger partial charge in [0.15, 0.2) is 17.6 Å². The quantitative estimate of drug-likeness (QED) is 0.479. The summed E-state index contributed by atoms with van der Waals surface area (Å²) in [5, 5.41) is 12.0. The van der Waals surface area contributed by atoms with Crippen LogP contribution in [0.1, 0.15) is 43.7 Å². The molecule has 1 saturated carbocycles. The Morgan fingerprint density at radius 3 is 3.00 bits per heavy atom. The summed E-state index contributed by atoms with van der Waals surface area (Å²) in [7, 11) is 1.63. The monoisotopic (exact) mass is 394 g/mol. The number of aliphatic hydroxyl groups is 1.